The summed E-state index contributed by atoms with van der Waals surface area (Å²) in [4.78, 5) is 18.9. The number of pyridine rings is 1. The predicted octanol–water partition coefficient (Wildman–Crippen LogP) is 5.52. The van der Waals surface area contributed by atoms with Gasteiger partial charge in [-0.15, -0.1) is 0 Å². The van der Waals surface area contributed by atoms with Crippen molar-refractivity contribution in [3.05, 3.63) is 60.3 Å². The number of hydrogen-bond donors (Lipinski definition) is 0. The Hall–Kier alpha value is -2.88. The number of aryl methyl sites for hydroxylation is 1. The SMILES string of the molecule is CCC(=O)N1C2CCC1CC(Oc1ccc(-c3cc4ncccc4cc3C)cc1)C2. The normalized spacial score (nSPS) is 23.0. The summed E-state index contributed by atoms with van der Waals surface area (Å²) >= 11 is 0. The van der Waals surface area contributed by atoms with Crippen LogP contribution in [0, 0.1) is 6.92 Å². The Kier molecular flexibility index (Phi) is 4.93. The Morgan fingerprint density at radius 1 is 1.10 bits per heavy atom. The van der Waals surface area contributed by atoms with E-state index in [1.807, 2.05) is 19.2 Å². The maximum Gasteiger partial charge on any atom is 0.222 e. The van der Waals surface area contributed by atoms with Crippen LogP contribution in [0.3, 0.4) is 0 Å². The van der Waals surface area contributed by atoms with Crippen molar-refractivity contribution in [2.75, 3.05) is 0 Å². The van der Waals surface area contributed by atoms with Gasteiger partial charge in [0.05, 0.1) is 5.52 Å². The van der Waals surface area contributed by atoms with Crippen LogP contribution >= 0.6 is 0 Å². The third-order valence-electron chi connectivity index (χ3n) is 6.70. The maximum atomic E-state index is 12.3. The van der Waals surface area contributed by atoms with E-state index < -0.39 is 0 Å². The van der Waals surface area contributed by atoms with Gasteiger partial charge in [-0.1, -0.05) is 25.1 Å². The zero-order chi connectivity index (χ0) is 20.7. The number of rotatable bonds is 4. The molecule has 2 unspecified atom stereocenters. The van der Waals surface area contributed by atoms with Gasteiger partial charge in [0.15, 0.2) is 0 Å². The van der Waals surface area contributed by atoms with Crippen LogP contribution in [-0.2, 0) is 4.79 Å². The van der Waals surface area contributed by atoms with Gasteiger partial charge < -0.3 is 9.64 Å². The summed E-state index contributed by atoms with van der Waals surface area (Å²) in [6.45, 7) is 4.10. The van der Waals surface area contributed by atoms with Gasteiger partial charge in [-0.05, 0) is 66.8 Å². The van der Waals surface area contributed by atoms with Crippen LogP contribution in [0.25, 0.3) is 22.0 Å². The number of carbonyl (C=O) groups is 1. The van der Waals surface area contributed by atoms with Gasteiger partial charge in [0.2, 0.25) is 5.91 Å². The summed E-state index contributed by atoms with van der Waals surface area (Å²) in [5.41, 5.74) is 4.64. The molecule has 0 spiro atoms. The third-order valence-corrected chi connectivity index (χ3v) is 6.70. The number of fused-ring (bicyclic) bond motifs is 3. The van der Waals surface area contributed by atoms with Crippen molar-refractivity contribution >= 4 is 16.8 Å². The Bertz CT molecular complexity index is 1060. The first-order chi connectivity index (χ1) is 14.6. The van der Waals surface area contributed by atoms with E-state index in [0.717, 1.165) is 36.9 Å². The lowest BCUT2D eigenvalue weighted by atomic mass is 9.98. The van der Waals surface area contributed by atoms with Gasteiger partial charge in [0.25, 0.3) is 0 Å². The molecule has 2 fully saturated rings. The number of benzene rings is 2. The average Bonchev–Trinajstić information content (AvgIpc) is 3.03. The molecule has 2 aromatic carbocycles. The van der Waals surface area contributed by atoms with Crippen LogP contribution in [0.5, 0.6) is 5.75 Å². The largest absolute Gasteiger partial charge is 0.490 e. The molecule has 2 atom stereocenters. The fraction of sp³-hybridized carbons (Fsp3) is 0.385. The van der Waals surface area contributed by atoms with Crippen molar-refractivity contribution in [1.82, 2.24) is 9.88 Å². The third kappa shape index (κ3) is 3.45. The molecule has 0 saturated carbocycles. The minimum absolute atomic E-state index is 0.195. The summed E-state index contributed by atoms with van der Waals surface area (Å²) in [6, 6.07) is 17.6. The van der Waals surface area contributed by atoms with E-state index in [0.29, 0.717) is 24.4 Å². The van der Waals surface area contributed by atoms with E-state index >= 15 is 0 Å². The monoisotopic (exact) mass is 400 g/mol. The molecule has 3 heterocycles. The molecule has 2 aliphatic heterocycles. The molecule has 30 heavy (non-hydrogen) atoms. The highest BCUT2D eigenvalue weighted by atomic mass is 16.5. The van der Waals surface area contributed by atoms with E-state index in [2.05, 4.69) is 59.3 Å². The van der Waals surface area contributed by atoms with E-state index in [1.165, 1.54) is 22.1 Å². The van der Waals surface area contributed by atoms with E-state index in [1.54, 1.807) is 0 Å². The van der Waals surface area contributed by atoms with Crippen LogP contribution < -0.4 is 4.74 Å². The Morgan fingerprint density at radius 2 is 1.83 bits per heavy atom. The zero-order valence-corrected chi connectivity index (χ0v) is 17.7. The number of piperidine rings is 1. The number of carbonyl (C=O) groups excluding carboxylic acids is 1. The minimum Gasteiger partial charge on any atom is -0.490 e. The summed E-state index contributed by atoms with van der Waals surface area (Å²) in [5, 5.41) is 1.17. The Balaban J connectivity index is 1.31. The molecule has 0 N–H and O–H groups in total. The quantitative estimate of drug-likeness (QED) is 0.579. The summed E-state index contributed by atoms with van der Waals surface area (Å²) < 4.78 is 6.34. The number of aromatic nitrogens is 1. The fourth-order valence-electron chi connectivity index (χ4n) is 5.26. The fourth-order valence-corrected chi connectivity index (χ4v) is 5.26. The topological polar surface area (TPSA) is 42.4 Å². The van der Waals surface area contributed by atoms with Crippen molar-refractivity contribution in [2.45, 2.75) is 64.1 Å². The highest BCUT2D eigenvalue weighted by Crippen LogP contribution is 2.38. The van der Waals surface area contributed by atoms with Crippen LogP contribution in [-0.4, -0.2) is 34.0 Å². The summed E-state index contributed by atoms with van der Waals surface area (Å²) in [6.07, 6.45) is 6.75. The van der Waals surface area contributed by atoms with Crippen molar-refractivity contribution in [2.24, 2.45) is 0 Å². The molecule has 0 radical (unpaired) electrons. The predicted molar refractivity (Wildman–Crippen MR) is 120 cm³/mol. The van der Waals surface area contributed by atoms with Gasteiger partial charge in [0, 0.05) is 42.9 Å². The van der Waals surface area contributed by atoms with E-state index in [-0.39, 0.29) is 6.10 Å². The molecule has 4 heteroatoms. The van der Waals surface area contributed by atoms with Gasteiger partial charge in [-0.25, -0.2) is 0 Å². The zero-order valence-electron chi connectivity index (χ0n) is 17.7. The molecular weight excluding hydrogens is 372 g/mol. The average molecular weight is 401 g/mol. The molecule has 5 rings (SSSR count). The summed E-state index contributed by atoms with van der Waals surface area (Å²) in [7, 11) is 0. The lowest BCUT2D eigenvalue weighted by Gasteiger charge is -2.38. The second kappa shape index (κ2) is 7.75. The number of nitrogens with zero attached hydrogens (tertiary/aromatic N) is 2. The molecule has 3 aromatic rings. The molecule has 2 bridgehead atoms. The molecule has 4 nitrogen and oxygen atoms in total. The number of amides is 1. The molecule has 2 aliphatic rings. The second-order valence-corrected chi connectivity index (χ2v) is 8.64. The van der Waals surface area contributed by atoms with Gasteiger partial charge in [0.1, 0.15) is 11.9 Å². The summed E-state index contributed by atoms with van der Waals surface area (Å²) in [5.74, 6) is 1.21. The van der Waals surface area contributed by atoms with Crippen LogP contribution in [0.4, 0.5) is 0 Å². The highest BCUT2D eigenvalue weighted by Gasteiger charge is 2.43. The first-order valence-corrected chi connectivity index (χ1v) is 11.1. The van der Waals surface area contributed by atoms with Crippen molar-refractivity contribution < 1.29 is 9.53 Å². The lowest BCUT2D eigenvalue weighted by Crippen LogP contribution is -2.49. The van der Waals surface area contributed by atoms with Crippen molar-refractivity contribution in [3.63, 3.8) is 0 Å². The highest BCUT2D eigenvalue weighted by molar-refractivity contribution is 5.86. The smallest absolute Gasteiger partial charge is 0.222 e. The van der Waals surface area contributed by atoms with Crippen LogP contribution in [0.15, 0.2) is 54.7 Å². The van der Waals surface area contributed by atoms with Crippen molar-refractivity contribution in [3.8, 4) is 16.9 Å². The molecular formula is C26H28N2O2. The van der Waals surface area contributed by atoms with Crippen LogP contribution in [0.2, 0.25) is 0 Å². The maximum absolute atomic E-state index is 12.3. The van der Waals surface area contributed by atoms with Gasteiger partial charge >= 0.3 is 0 Å². The number of hydrogen-bond acceptors (Lipinski definition) is 3. The minimum atomic E-state index is 0.195. The molecule has 0 aliphatic carbocycles. The molecule has 154 valence electrons. The van der Waals surface area contributed by atoms with E-state index in [4.69, 9.17) is 4.74 Å². The Labute approximate surface area is 177 Å². The van der Waals surface area contributed by atoms with Gasteiger partial charge in [-0.2, -0.15) is 0 Å². The van der Waals surface area contributed by atoms with E-state index in [9.17, 15) is 4.79 Å². The first kappa shape index (κ1) is 19.1. The Morgan fingerprint density at radius 3 is 2.53 bits per heavy atom. The van der Waals surface area contributed by atoms with Crippen LogP contribution in [0.1, 0.15) is 44.6 Å². The molecule has 1 aromatic heterocycles. The standard InChI is InChI=1S/C26H28N2O2/c1-3-26(29)28-20-8-9-21(28)15-23(14-20)30-22-10-6-18(7-11-22)24-16-25-19(13-17(24)2)5-4-12-27-25/h4-7,10-13,16,20-21,23H,3,8-9,14-15H2,1-2H3. The molecule has 1 amide bonds. The molecule has 2 saturated heterocycles. The first-order valence-electron chi connectivity index (χ1n) is 11.1. The lowest BCUT2D eigenvalue weighted by molar-refractivity contribution is -0.136. The second-order valence-electron chi connectivity index (χ2n) is 8.64. The van der Waals surface area contributed by atoms with Gasteiger partial charge in [-0.3, -0.25) is 9.78 Å². The number of ether oxygens (including phenoxy) is 1. The van der Waals surface area contributed by atoms with Crippen molar-refractivity contribution in [1.29, 1.82) is 0 Å².